The predicted molar refractivity (Wildman–Crippen MR) is 133 cm³/mol. The van der Waals surface area contributed by atoms with Crippen molar-refractivity contribution in [3.63, 3.8) is 0 Å². The number of anilines is 1. The SMILES string of the molecule is CN(Cc1ccsc1)C(=O)COC(=O)c1ccc(N2C(=O)c3cccc4cccc(c34)C2=O)cc1. The van der Waals surface area contributed by atoms with Crippen LogP contribution in [0, 0.1) is 0 Å². The maximum absolute atomic E-state index is 13.2. The second-order valence-electron chi connectivity index (χ2n) is 8.16. The molecule has 7 nitrogen and oxygen atoms in total. The molecule has 8 heteroatoms. The summed E-state index contributed by atoms with van der Waals surface area (Å²) in [7, 11) is 1.65. The van der Waals surface area contributed by atoms with Gasteiger partial charge in [0.05, 0.1) is 11.3 Å². The van der Waals surface area contributed by atoms with Crippen LogP contribution in [0.5, 0.6) is 0 Å². The van der Waals surface area contributed by atoms with E-state index >= 15 is 0 Å². The number of carbonyl (C=O) groups excluding carboxylic acids is 4. The summed E-state index contributed by atoms with van der Waals surface area (Å²) in [6.07, 6.45) is 0. The highest BCUT2D eigenvalue weighted by Gasteiger charge is 2.33. The molecule has 1 aliphatic heterocycles. The van der Waals surface area contributed by atoms with Crippen LogP contribution >= 0.6 is 11.3 Å². The van der Waals surface area contributed by atoms with Crippen LogP contribution in [-0.2, 0) is 16.1 Å². The molecule has 0 saturated heterocycles. The monoisotopic (exact) mass is 484 g/mol. The van der Waals surface area contributed by atoms with E-state index in [1.54, 1.807) is 42.6 Å². The third kappa shape index (κ3) is 4.20. The van der Waals surface area contributed by atoms with Crippen molar-refractivity contribution in [3.8, 4) is 0 Å². The molecular formula is C27H20N2O5S. The lowest BCUT2D eigenvalue weighted by Crippen LogP contribution is -2.40. The van der Waals surface area contributed by atoms with Crippen LogP contribution < -0.4 is 4.90 Å². The predicted octanol–water partition coefficient (Wildman–Crippen LogP) is 4.52. The number of likely N-dealkylation sites (N-methyl/N-ethyl adjacent to an activating group) is 1. The summed E-state index contributed by atoms with van der Waals surface area (Å²) < 4.78 is 5.17. The number of benzene rings is 3. The van der Waals surface area contributed by atoms with Crippen LogP contribution in [0.1, 0.15) is 36.6 Å². The number of rotatable bonds is 6. The van der Waals surface area contributed by atoms with Crippen molar-refractivity contribution in [3.05, 3.63) is 99.7 Å². The smallest absolute Gasteiger partial charge is 0.338 e. The normalized spacial score (nSPS) is 12.7. The first-order valence-electron chi connectivity index (χ1n) is 10.9. The number of ether oxygens (including phenoxy) is 1. The molecule has 0 saturated carbocycles. The number of imide groups is 1. The van der Waals surface area contributed by atoms with Gasteiger partial charge in [0, 0.05) is 30.1 Å². The van der Waals surface area contributed by atoms with Crippen molar-refractivity contribution in [1.82, 2.24) is 4.90 Å². The van der Waals surface area contributed by atoms with E-state index in [2.05, 4.69) is 0 Å². The largest absolute Gasteiger partial charge is 0.452 e. The van der Waals surface area contributed by atoms with E-state index in [1.807, 2.05) is 29.0 Å². The summed E-state index contributed by atoms with van der Waals surface area (Å²) in [5, 5.41) is 5.36. The van der Waals surface area contributed by atoms with Gasteiger partial charge >= 0.3 is 5.97 Å². The summed E-state index contributed by atoms with van der Waals surface area (Å²) in [4.78, 5) is 53.7. The molecule has 0 fully saturated rings. The number of hydrogen-bond donors (Lipinski definition) is 0. The number of esters is 1. The third-order valence-electron chi connectivity index (χ3n) is 5.89. The van der Waals surface area contributed by atoms with Crippen LogP contribution in [0.15, 0.2) is 77.5 Å². The minimum Gasteiger partial charge on any atom is -0.452 e. The molecular weight excluding hydrogens is 464 g/mol. The summed E-state index contributed by atoms with van der Waals surface area (Å²) in [5.41, 5.74) is 2.46. The standard InChI is InChI=1S/C27H20N2O5S/c1-28(14-17-12-13-35-16-17)23(30)15-34-27(33)19-8-10-20(11-9-19)29-25(31)21-6-2-4-18-5-3-7-22(24(18)21)26(29)32/h2-13,16H,14-15H2,1H3. The molecule has 0 N–H and O–H groups in total. The number of carbonyl (C=O) groups is 4. The third-order valence-corrected chi connectivity index (χ3v) is 6.62. The molecule has 2 heterocycles. The van der Waals surface area contributed by atoms with Gasteiger partial charge in [-0.2, -0.15) is 11.3 Å². The maximum atomic E-state index is 13.2. The molecule has 35 heavy (non-hydrogen) atoms. The van der Waals surface area contributed by atoms with Gasteiger partial charge in [0.25, 0.3) is 17.7 Å². The number of amides is 3. The second-order valence-corrected chi connectivity index (χ2v) is 8.94. The van der Waals surface area contributed by atoms with E-state index in [-0.39, 0.29) is 18.1 Å². The fraction of sp³-hybridized carbons (Fsp3) is 0.111. The van der Waals surface area contributed by atoms with E-state index in [0.717, 1.165) is 15.8 Å². The van der Waals surface area contributed by atoms with Crippen molar-refractivity contribution in [1.29, 1.82) is 0 Å². The van der Waals surface area contributed by atoms with Gasteiger partial charge in [0.2, 0.25) is 0 Å². The highest BCUT2D eigenvalue weighted by molar-refractivity contribution is 7.07. The minimum atomic E-state index is -0.666. The Morgan fingerprint density at radius 1 is 0.914 bits per heavy atom. The Morgan fingerprint density at radius 3 is 2.17 bits per heavy atom. The van der Waals surface area contributed by atoms with Gasteiger partial charge in [-0.1, -0.05) is 24.3 Å². The van der Waals surface area contributed by atoms with Crippen LogP contribution in [-0.4, -0.2) is 42.2 Å². The Bertz CT molecular complexity index is 1410. The van der Waals surface area contributed by atoms with E-state index in [0.29, 0.717) is 28.7 Å². The average molecular weight is 485 g/mol. The average Bonchev–Trinajstić information content (AvgIpc) is 3.39. The molecule has 3 aromatic carbocycles. The topological polar surface area (TPSA) is 84.0 Å². The summed E-state index contributed by atoms with van der Waals surface area (Å²) in [6, 6.07) is 18.6. The molecule has 1 aromatic heterocycles. The Kier molecular flexibility index (Phi) is 5.88. The molecule has 0 radical (unpaired) electrons. The van der Waals surface area contributed by atoms with Gasteiger partial charge in [0.15, 0.2) is 6.61 Å². The van der Waals surface area contributed by atoms with Gasteiger partial charge in [0.1, 0.15) is 0 Å². The highest BCUT2D eigenvalue weighted by atomic mass is 32.1. The Balaban J connectivity index is 1.28. The van der Waals surface area contributed by atoms with Gasteiger partial charge in [-0.05, 0) is 64.2 Å². The Labute approximate surface area is 205 Å². The number of hydrogen-bond acceptors (Lipinski definition) is 6. The van der Waals surface area contributed by atoms with E-state index in [4.69, 9.17) is 4.74 Å². The van der Waals surface area contributed by atoms with Crippen molar-refractivity contribution in [2.75, 3.05) is 18.6 Å². The number of nitrogens with zero attached hydrogens (tertiary/aromatic N) is 2. The van der Waals surface area contributed by atoms with Crippen molar-refractivity contribution >= 4 is 51.5 Å². The van der Waals surface area contributed by atoms with Crippen molar-refractivity contribution < 1.29 is 23.9 Å². The molecule has 174 valence electrons. The first-order chi connectivity index (χ1) is 16.9. The van der Waals surface area contributed by atoms with Crippen molar-refractivity contribution in [2.45, 2.75) is 6.54 Å². The lowest BCUT2D eigenvalue weighted by Gasteiger charge is -2.27. The molecule has 0 spiro atoms. The summed E-state index contributed by atoms with van der Waals surface area (Å²) in [6.45, 7) is 0.0500. The maximum Gasteiger partial charge on any atom is 0.338 e. The van der Waals surface area contributed by atoms with Crippen LogP contribution in [0.4, 0.5) is 5.69 Å². The fourth-order valence-corrected chi connectivity index (χ4v) is 4.74. The highest BCUT2D eigenvalue weighted by Crippen LogP contribution is 2.32. The zero-order valence-electron chi connectivity index (χ0n) is 18.8. The molecule has 1 aliphatic rings. The summed E-state index contributed by atoms with van der Waals surface area (Å²) >= 11 is 1.55. The Hall–Kier alpha value is -4.30. The molecule has 0 bridgehead atoms. The van der Waals surface area contributed by atoms with Crippen LogP contribution in [0.2, 0.25) is 0 Å². The zero-order chi connectivity index (χ0) is 24.5. The summed E-state index contributed by atoms with van der Waals surface area (Å²) in [5.74, 6) is -1.83. The van der Waals surface area contributed by atoms with E-state index in [1.165, 1.54) is 29.2 Å². The molecule has 5 rings (SSSR count). The van der Waals surface area contributed by atoms with Gasteiger partial charge in [-0.25, -0.2) is 9.69 Å². The fourth-order valence-electron chi connectivity index (χ4n) is 4.08. The van der Waals surface area contributed by atoms with E-state index < -0.39 is 17.8 Å². The van der Waals surface area contributed by atoms with E-state index in [9.17, 15) is 19.2 Å². The van der Waals surface area contributed by atoms with Gasteiger partial charge in [-0.3, -0.25) is 14.4 Å². The molecule has 4 aromatic rings. The lowest BCUT2D eigenvalue weighted by molar-refractivity contribution is -0.133. The molecule has 0 aliphatic carbocycles. The first kappa shape index (κ1) is 22.5. The van der Waals surface area contributed by atoms with Crippen LogP contribution in [0.3, 0.4) is 0 Å². The second kappa shape index (κ2) is 9.15. The molecule has 0 atom stereocenters. The van der Waals surface area contributed by atoms with Gasteiger partial charge < -0.3 is 9.64 Å². The first-order valence-corrected chi connectivity index (χ1v) is 11.8. The zero-order valence-corrected chi connectivity index (χ0v) is 19.6. The Morgan fingerprint density at radius 2 is 1.57 bits per heavy atom. The van der Waals surface area contributed by atoms with Gasteiger partial charge in [-0.15, -0.1) is 0 Å². The quantitative estimate of drug-likeness (QED) is 0.297. The molecule has 0 unspecified atom stereocenters. The van der Waals surface area contributed by atoms with Crippen molar-refractivity contribution in [2.24, 2.45) is 0 Å². The number of thiophene rings is 1. The minimum absolute atomic E-state index is 0.210. The molecule has 3 amide bonds. The lowest BCUT2D eigenvalue weighted by atomic mass is 9.94. The van der Waals surface area contributed by atoms with Crippen LogP contribution in [0.25, 0.3) is 10.8 Å².